The Kier molecular flexibility index (Phi) is 5.45. The Hall–Kier alpha value is -1.75. The second-order valence-electron chi connectivity index (χ2n) is 4.17. The molecule has 100 valence electrons. The van der Waals surface area contributed by atoms with E-state index < -0.39 is 0 Å². The van der Waals surface area contributed by atoms with E-state index in [2.05, 4.69) is 17.0 Å². The molecule has 18 heavy (non-hydrogen) atoms. The van der Waals surface area contributed by atoms with E-state index >= 15 is 0 Å². The first-order valence-corrected chi connectivity index (χ1v) is 6.09. The minimum atomic E-state index is 0.0734. The number of anilines is 1. The monoisotopic (exact) mass is 251 g/mol. The molecule has 4 N–H and O–H groups in total. The fraction of sp³-hybridized carbons (Fsp3) is 0.462. The lowest BCUT2D eigenvalue weighted by Crippen LogP contribution is -2.31. The van der Waals surface area contributed by atoms with Crippen LogP contribution in [0.15, 0.2) is 23.4 Å². The molecule has 0 radical (unpaired) electrons. The van der Waals surface area contributed by atoms with Gasteiger partial charge in [-0.15, -0.1) is 0 Å². The Labute approximate surface area is 108 Å². The molecule has 0 unspecified atom stereocenters. The summed E-state index contributed by atoms with van der Waals surface area (Å²) in [5, 5.41) is 21.1. The largest absolute Gasteiger partial charge is 0.409 e. The number of rotatable bonds is 6. The van der Waals surface area contributed by atoms with E-state index in [9.17, 15) is 0 Å². The van der Waals surface area contributed by atoms with Gasteiger partial charge in [0.15, 0.2) is 5.84 Å². The Morgan fingerprint density at radius 1 is 1.39 bits per heavy atom. The van der Waals surface area contributed by atoms with E-state index in [1.54, 1.807) is 0 Å². The van der Waals surface area contributed by atoms with Crippen molar-refractivity contribution in [1.29, 1.82) is 0 Å². The molecule has 1 aromatic carbocycles. The number of aliphatic hydroxyl groups is 1. The number of amidine groups is 1. The van der Waals surface area contributed by atoms with Crippen molar-refractivity contribution in [3.8, 4) is 0 Å². The molecule has 0 aliphatic heterocycles. The number of aryl methyl sites for hydroxylation is 1. The van der Waals surface area contributed by atoms with Crippen LogP contribution in [0.3, 0.4) is 0 Å². The van der Waals surface area contributed by atoms with E-state index in [-0.39, 0.29) is 12.4 Å². The second kappa shape index (κ2) is 6.86. The molecule has 0 aliphatic rings. The van der Waals surface area contributed by atoms with Crippen LogP contribution in [-0.4, -0.2) is 35.8 Å². The van der Waals surface area contributed by atoms with E-state index in [1.807, 2.05) is 25.1 Å². The van der Waals surface area contributed by atoms with Crippen LogP contribution in [0, 0.1) is 6.92 Å². The maximum Gasteiger partial charge on any atom is 0.172 e. The topological polar surface area (TPSA) is 82.1 Å². The summed E-state index contributed by atoms with van der Waals surface area (Å²) >= 11 is 0. The van der Waals surface area contributed by atoms with E-state index in [1.165, 1.54) is 0 Å². The first kappa shape index (κ1) is 14.3. The van der Waals surface area contributed by atoms with E-state index in [0.717, 1.165) is 24.2 Å². The molecule has 1 aromatic rings. The Morgan fingerprint density at radius 3 is 2.67 bits per heavy atom. The summed E-state index contributed by atoms with van der Waals surface area (Å²) in [6, 6.07) is 5.66. The zero-order valence-corrected chi connectivity index (χ0v) is 10.9. The predicted octanol–water partition coefficient (Wildman–Crippen LogP) is 1.30. The summed E-state index contributed by atoms with van der Waals surface area (Å²) in [6.07, 6.45) is 0.962. The molecule has 0 heterocycles. The average molecular weight is 251 g/mol. The molecule has 0 aromatic heterocycles. The molecule has 5 heteroatoms. The van der Waals surface area contributed by atoms with Crippen molar-refractivity contribution in [3.63, 3.8) is 0 Å². The van der Waals surface area contributed by atoms with E-state index in [4.69, 9.17) is 16.0 Å². The van der Waals surface area contributed by atoms with Crippen LogP contribution in [-0.2, 0) is 0 Å². The summed E-state index contributed by atoms with van der Waals surface area (Å²) in [5.74, 6) is 0.0905. The molecule has 0 saturated carbocycles. The molecule has 5 nitrogen and oxygen atoms in total. The maximum absolute atomic E-state index is 9.15. The Bertz CT molecular complexity index is 413. The minimum Gasteiger partial charge on any atom is -0.409 e. The number of para-hydroxylation sites is 1. The summed E-state index contributed by atoms with van der Waals surface area (Å²) < 4.78 is 0. The molecule has 0 amide bonds. The highest BCUT2D eigenvalue weighted by atomic mass is 16.4. The standard InChI is InChI=1S/C13H21N3O2/c1-3-7-16(8-9-17)12-10(2)5-4-6-11(12)13(14)15-18/h4-6,17-18H,3,7-9H2,1-2H3,(H2,14,15). The Balaban J connectivity index is 3.25. The molecule has 1 rings (SSSR count). The predicted molar refractivity (Wildman–Crippen MR) is 73.3 cm³/mol. The number of nitrogens with two attached hydrogens (primary N) is 1. The van der Waals surface area contributed by atoms with Gasteiger partial charge in [0.2, 0.25) is 0 Å². The van der Waals surface area contributed by atoms with Crippen molar-refractivity contribution in [3.05, 3.63) is 29.3 Å². The number of hydrogen-bond donors (Lipinski definition) is 3. The first-order chi connectivity index (χ1) is 8.65. The van der Waals surface area contributed by atoms with Gasteiger partial charge in [0.05, 0.1) is 12.3 Å². The summed E-state index contributed by atoms with van der Waals surface area (Å²) in [7, 11) is 0. The van der Waals surface area contributed by atoms with Gasteiger partial charge in [0, 0.05) is 18.7 Å². The third kappa shape index (κ3) is 3.13. The zero-order valence-electron chi connectivity index (χ0n) is 10.9. The van der Waals surface area contributed by atoms with Gasteiger partial charge in [-0.3, -0.25) is 0 Å². The van der Waals surface area contributed by atoms with Crippen molar-refractivity contribution in [2.45, 2.75) is 20.3 Å². The van der Waals surface area contributed by atoms with Gasteiger partial charge in [-0.25, -0.2) is 0 Å². The lowest BCUT2D eigenvalue weighted by Gasteiger charge is -2.27. The van der Waals surface area contributed by atoms with Crippen molar-refractivity contribution in [2.24, 2.45) is 10.9 Å². The van der Waals surface area contributed by atoms with Gasteiger partial charge >= 0.3 is 0 Å². The maximum atomic E-state index is 9.15. The van der Waals surface area contributed by atoms with Gasteiger partial charge in [0.1, 0.15) is 0 Å². The first-order valence-electron chi connectivity index (χ1n) is 6.09. The minimum absolute atomic E-state index is 0.0734. The van der Waals surface area contributed by atoms with Crippen molar-refractivity contribution >= 4 is 11.5 Å². The zero-order chi connectivity index (χ0) is 13.5. The normalized spacial score (nSPS) is 11.6. The lowest BCUT2D eigenvalue weighted by molar-refractivity contribution is 0.301. The smallest absolute Gasteiger partial charge is 0.172 e. The fourth-order valence-corrected chi connectivity index (χ4v) is 2.07. The van der Waals surface area contributed by atoms with Gasteiger partial charge in [-0.05, 0) is 25.0 Å². The Morgan fingerprint density at radius 2 is 2.11 bits per heavy atom. The molecular formula is C13H21N3O2. The average Bonchev–Trinajstić information content (AvgIpc) is 2.37. The fourth-order valence-electron chi connectivity index (χ4n) is 2.07. The van der Waals surface area contributed by atoms with Crippen LogP contribution >= 0.6 is 0 Å². The highest BCUT2D eigenvalue weighted by molar-refractivity contribution is 6.02. The van der Waals surface area contributed by atoms with Gasteiger partial charge < -0.3 is 20.9 Å². The van der Waals surface area contributed by atoms with Crippen LogP contribution in [0.25, 0.3) is 0 Å². The number of nitrogens with zero attached hydrogens (tertiary/aromatic N) is 2. The lowest BCUT2D eigenvalue weighted by atomic mass is 10.1. The van der Waals surface area contributed by atoms with Crippen molar-refractivity contribution < 1.29 is 10.3 Å². The van der Waals surface area contributed by atoms with Crippen LogP contribution in [0.2, 0.25) is 0 Å². The van der Waals surface area contributed by atoms with Crippen molar-refractivity contribution in [1.82, 2.24) is 0 Å². The van der Waals surface area contributed by atoms with Crippen LogP contribution in [0.4, 0.5) is 5.69 Å². The number of aliphatic hydroxyl groups excluding tert-OH is 1. The number of oxime groups is 1. The quantitative estimate of drug-likeness (QED) is 0.308. The molecule has 0 fully saturated rings. The van der Waals surface area contributed by atoms with E-state index in [0.29, 0.717) is 12.1 Å². The van der Waals surface area contributed by atoms with Crippen LogP contribution in [0.5, 0.6) is 0 Å². The highest BCUT2D eigenvalue weighted by Crippen LogP contribution is 2.25. The third-order valence-electron chi connectivity index (χ3n) is 2.80. The third-order valence-corrected chi connectivity index (χ3v) is 2.80. The molecule has 0 atom stereocenters. The summed E-state index contributed by atoms with van der Waals surface area (Å²) in [4.78, 5) is 2.06. The molecule has 0 spiro atoms. The second-order valence-corrected chi connectivity index (χ2v) is 4.17. The molecule has 0 saturated heterocycles. The SMILES string of the molecule is CCCN(CCO)c1c(C)cccc1/C(N)=N/O. The van der Waals surface area contributed by atoms with Gasteiger partial charge in [-0.1, -0.05) is 24.2 Å². The van der Waals surface area contributed by atoms with Gasteiger partial charge in [0.25, 0.3) is 0 Å². The number of benzene rings is 1. The highest BCUT2D eigenvalue weighted by Gasteiger charge is 2.15. The van der Waals surface area contributed by atoms with Crippen molar-refractivity contribution in [2.75, 3.05) is 24.6 Å². The summed E-state index contributed by atoms with van der Waals surface area (Å²) in [6.45, 7) is 5.47. The van der Waals surface area contributed by atoms with Crippen LogP contribution in [0.1, 0.15) is 24.5 Å². The molecule has 0 aliphatic carbocycles. The molecular weight excluding hydrogens is 230 g/mol. The summed E-state index contributed by atoms with van der Waals surface area (Å²) in [5.41, 5.74) is 8.36. The van der Waals surface area contributed by atoms with Gasteiger partial charge in [-0.2, -0.15) is 0 Å². The molecule has 0 bridgehead atoms. The number of hydrogen-bond acceptors (Lipinski definition) is 4. The van der Waals surface area contributed by atoms with Crippen LogP contribution < -0.4 is 10.6 Å².